The van der Waals surface area contributed by atoms with Crippen molar-refractivity contribution in [3.8, 4) is 34.3 Å². The van der Waals surface area contributed by atoms with Crippen LogP contribution in [0.2, 0.25) is 0 Å². The number of nitrogens with two attached hydrogens (primary N) is 1. The van der Waals surface area contributed by atoms with E-state index >= 15 is 0 Å². The van der Waals surface area contributed by atoms with Crippen LogP contribution in [0.1, 0.15) is 5.56 Å². The van der Waals surface area contributed by atoms with Crippen molar-refractivity contribution in [3.05, 3.63) is 48.0 Å². The van der Waals surface area contributed by atoms with Crippen LogP contribution in [-0.2, 0) is 6.54 Å². The lowest BCUT2D eigenvalue weighted by molar-refractivity contribution is 0.394. The van der Waals surface area contributed by atoms with Crippen LogP contribution in [-0.4, -0.2) is 29.4 Å². The molecule has 1 heterocycles. The van der Waals surface area contributed by atoms with Gasteiger partial charge in [0.15, 0.2) is 11.6 Å². The van der Waals surface area contributed by atoms with E-state index in [2.05, 4.69) is 15.2 Å². The molecule has 0 aliphatic carbocycles. The van der Waals surface area contributed by atoms with Gasteiger partial charge in [-0.2, -0.15) is 5.10 Å². The SMILES string of the molecule is COc1cc(OC)cc(-c2n[nH]c(-c3ccc(CN)cc3)n2)c1. The zero-order valence-corrected chi connectivity index (χ0v) is 13.0. The summed E-state index contributed by atoms with van der Waals surface area (Å²) in [6.45, 7) is 0.519. The molecule has 0 fully saturated rings. The van der Waals surface area contributed by atoms with E-state index in [1.54, 1.807) is 14.2 Å². The summed E-state index contributed by atoms with van der Waals surface area (Å²) in [5.41, 5.74) is 8.46. The second kappa shape index (κ2) is 6.50. The Kier molecular flexibility index (Phi) is 4.25. The summed E-state index contributed by atoms with van der Waals surface area (Å²) >= 11 is 0. The number of nitrogens with zero attached hydrogens (tertiary/aromatic N) is 2. The number of rotatable bonds is 5. The van der Waals surface area contributed by atoms with Gasteiger partial charge in [0.25, 0.3) is 0 Å². The molecule has 0 spiro atoms. The van der Waals surface area contributed by atoms with E-state index in [0.717, 1.165) is 16.7 Å². The predicted octanol–water partition coefficient (Wildman–Crippen LogP) is 2.61. The van der Waals surface area contributed by atoms with Crippen molar-refractivity contribution in [2.75, 3.05) is 14.2 Å². The molecular weight excluding hydrogens is 292 g/mol. The van der Waals surface area contributed by atoms with Crippen LogP contribution < -0.4 is 15.2 Å². The largest absolute Gasteiger partial charge is 0.497 e. The summed E-state index contributed by atoms with van der Waals surface area (Å²) in [5.74, 6) is 2.67. The van der Waals surface area contributed by atoms with Crippen LogP contribution in [0.4, 0.5) is 0 Å². The monoisotopic (exact) mass is 310 g/mol. The number of nitrogens with one attached hydrogen (secondary N) is 1. The van der Waals surface area contributed by atoms with Gasteiger partial charge in [-0.3, -0.25) is 5.10 Å². The summed E-state index contributed by atoms with van der Waals surface area (Å²) in [7, 11) is 3.22. The lowest BCUT2D eigenvalue weighted by Crippen LogP contribution is -1.95. The van der Waals surface area contributed by atoms with Crippen molar-refractivity contribution in [2.45, 2.75) is 6.54 Å². The predicted molar refractivity (Wildman–Crippen MR) is 88.3 cm³/mol. The number of H-pyrrole nitrogens is 1. The molecule has 3 aromatic rings. The molecule has 0 saturated heterocycles. The van der Waals surface area contributed by atoms with Crippen molar-refractivity contribution in [2.24, 2.45) is 5.73 Å². The molecule has 6 nitrogen and oxygen atoms in total. The van der Waals surface area contributed by atoms with Gasteiger partial charge >= 0.3 is 0 Å². The van der Waals surface area contributed by atoms with Gasteiger partial charge in [0.1, 0.15) is 11.5 Å². The van der Waals surface area contributed by atoms with Crippen LogP contribution in [0.25, 0.3) is 22.8 Å². The highest BCUT2D eigenvalue weighted by atomic mass is 16.5. The number of ether oxygens (including phenoxy) is 2. The smallest absolute Gasteiger partial charge is 0.181 e. The van der Waals surface area contributed by atoms with Crippen LogP contribution >= 0.6 is 0 Å². The quantitative estimate of drug-likeness (QED) is 0.756. The zero-order valence-electron chi connectivity index (χ0n) is 13.0. The molecule has 0 amide bonds. The Balaban J connectivity index is 1.94. The highest BCUT2D eigenvalue weighted by Gasteiger charge is 2.10. The minimum atomic E-state index is 0.519. The Morgan fingerprint density at radius 2 is 1.61 bits per heavy atom. The maximum Gasteiger partial charge on any atom is 0.181 e. The fraction of sp³-hybridized carbons (Fsp3) is 0.176. The Hall–Kier alpha value is -2.86. The Bertz CT molecular complexity index is 774. The molecule has 6 heteroatoms. The maximum absolute atomic E-state index is 5.61. The second-order valence-corrected chi connectivity index (χ2v) is 5.01. The summed E-state index contributed by atoms with van der Waals surface area (Å²) in [6, 6.07) is 13.4. The molecule has 0 bridgehead atoms. The minimum Gasteiger partial charge on any atom is -0.497 e. The third-order valence-corrected chi connectivity index (χ3v) is 3.56. The van der Waals surface area contributed by atoms with E-state index in [9.17, 15) is 0 Å². The second-order valence-electron chi connectivity index (χ2n) is 5.01. The molecule has 23 heavy (non-hydrogen) atoms. The van der Waals surface area contributed by atoms with Crippen LogP contribution in [0.5, 0.6) is 11.5 Å². The van der Waals surface area contributed by atoms with Crippen LogP contribution in [0.3, 0.4) is 0 Å². The highest BCUT2D eigenvalue weighted by Crippen LogP contribution is 2.28. The number of aromatic nitrogens is 3. The molecule has 0 unspecified atom stereocenters. The van der Waals surface area contributed by atoms with E-state index in [1.165, 1.54) is 0 Å². The van der Waals surface area contributed by atoms with Gasteiger partial charge in [-0.1, -0.05) is 24.3 Å². The summed E-state index contributed by atoms with van der Waals surface area (Å²) < 4.78 is 10.6. The number of aromatic amines is 1. The van der Waals surface area contributed by atoms with E-state index in [-0.39, 0.29) is 0 Å². The van der Waals surface area contributed by atoms with Crippen LogP contribution in [0, 0.1) is 0 Å². The molecule has 3 rings (SSSR count). The number of hydrogen-bond acceptors (Lipinski definition) is 5. The normalized spacial score (nSPS) is 10.6. The van der Waals surface area contributed by atoms with Crippen molar-refractivity contribution < 1.29 is 9.47 Å². The van der Waals surface area contributed by atoms with Gasteiger partial charge in [0, 0.05) is 23.7 Å². The first kappa shape index (κ1) is 15.1. The highest BCUT2D eigenvalue weighted by molar-refractivity contribution is 5.64. The standard InChI is InChI=1S/C17H18N4O2/c1-22-14-7-13(8-15(9-14)23-2)17-19-16(20-21-17)12-5-3-11(10-18)4-6-12/h3-9H,10,18H2,1-2H3,(H,19,20,21). The van der Waals surface area contributed by atoms with Gasteiger partial charge < -0.3 is 15.2 Å². The first-order chi connectivity index (χ1) is 11.2. The lowest BCUT2D eigenvalue weighted by Gasteiger charge is -2.06. The van der Waals surface area contributed by atoms with E-state index in [4.69, 9.17) is 15.2 Å². The van der Waals surface area contributed by atoms with Gasteiger partial charge in [-0.05, 0) is 17.7 Å². The molecule has 1 aromatic heterocycles. The third kappa shape index (κ3) is 3.17. The maximum atomic E-state index is 5.61. The van der Waals surface area contributed by atoms with Gasteiger partial charge in [0.05, 0.1) is 14.2 Å². The molecule has 0 radical (unpaired) electrons. The summed E-state index contributed by atoms with van der Waals surface area (Å²) in [5, 5.41) is 7.24. The number of benzene rings is 2. The van der Waals surface area contributed by atoms with Gasteiger partial charge in [-0.15, -0.1) is 0 Å². The molecule has 3 N–H and O–H groups in total. The van der Waals surface area contributed by atoms with Crippen LogP contribution in [0.15, 0.2) is 42.5 Å². The molecule has 0 saturated carbocycles. The Morgan fingerprint density at radius 3 is 2.17 bits per heavy atom. The van der Waals surface area contributed by atoms with E-state index < -0.39 is 0 Å². The summed E-state index contributed by atoms with van der Waals surface area (Å²) in [4.78, 5) is 4.55. The Labute approximate surface area is 134 Å². The minimum absolute atomic E-state index is 0.519. The molecular formula is C17H18N4O2. The first-order valence-corrected chi connectivity index (χ1v) is 7.18. The van der Waals surface area contributed by atoms with Crippen molar-refractivity contribution in [3.63, 3.8) is 0 Å². The third-order valence-electron chi connectivity index (χ3n) is 3.56. The average molecular weight is 310 g/mol. The van der Waals surface area contributed by atoms with E-state index in [1.807, 2.05) is 42.5 Å². The van der Waals surface area contributed by atoms with Crippen molar-refractivity contribution >= 4 is 0 Å². The lowest BCUT2D eigenvalue weighted by atomic mass is 10.1. The molecule has 0 aliphatic heterocycles. The topological polar surface area (TPSA) is 86.0 Å². The molecule has 118 valence electrons. The van der Waals surface area contributed by atoms with Crippen molar-refractivity contribution in [1.82, 2.24) is 15.2 Å². The van der Waals surface area contributed by atoms with E-state index in [0.29, 0.717) is 29.7 Å². The zero-order chi connectivity index (χ0) is 16.2. The van der Waals surface area contributed by atoms with Crippen molar-refractivity contribution in [1.29, 1.82) is 0 Å². The number of methoxy groups -OCH3 is 2. The molecule has 0 aliphatic rings. The Morgan fingerprint density at radius 1 is 0.957 bits per heavy atom. The molecule has 0 atom stereocenters. The van der Waals surface area contributed by atoms with Gasteiger partial charge in [-0.25, -0.2) is 4.98 Å². The fourth-order valence-electron chi connectivity index (χ4n) is 2.26. The first-order valence-electron chi connectivity index (χ1n) is 7.18. The average Bonchev–Trinajstić information content (AvgIpc) is 3.11. The van der Waals surface area contributed by atoms with Gasteiger partial charge in [0.2, 0.25) is 0 Å². The molecule has 2 aromatic carbocycles. The summed E-state index contributed by atoms with van der Waals surface area (Å²) in [6.07, 6.45) is 0. The fourth-order valence-corrected chi connectivity index (χ4v) is 2.26. The number of hydrogen-bond donors (Lipinski definition) is 2.